The number of carbonyl (C=O) groups is 1. The van der Waals surface area contributed by atoms with Gasteiger partial charge in [0.15, 0.2) is 0 Å². The van der Waals surface area contributed by atoms with Crippen LogP contribution in [0.25, 0.3) is 0 Å². The van der Waals surface area contributed by atoms with Crippen molar-refractivity contribution in [3.8, 4) is 0 Å². The fourth-order valence-electron chi connectivity index (χ4n) is 2.77. The number of hydrogen-bond donors (Lipinski definition) is 2. The number of nitrogens with one attached hydrogen (secondary N) is 2. The lowest BCUT2D eigenvalue weighted by molar-refractivity contribution is 0.0949. The molecule has 2 aromatic rings. The number of hydrogen-bond acceptors (Lipinski definition) is 4. The summed E-state index contributed by atoms with van der Waals surface area (Å²) < 4.78 is 5.53. The van der Waals surface area contributed by atoms with Crippen LogP contribution >= 0.6 is 0 Å². The summed E-state index contributed by atoms with van der Waals surface area (Å²) in [5.74, 6) is 1.83. The van der Waals surface area contributed by atoms with Crippen LogP contribution in [0.3, 0.4) is 0 Å². The number of carbonyl (C=O) groups excluding carboxylic acids is 1. The number of benzene rings is 1. The number of aryl methyl sites for hydroxylation is 2. The molecule has 1 heterocycles. The molecular formula is C20H29N3O2. The molecule has 1 aromatic heterocycles. The van der Waals surface area contributed by atoms with Crippen molar-refractivity contribution in [2.45, 2.75) is 34.2 Å². The van der Waals surface area contributed by atoms with E-state index < -0.39 is 0 Å². The molecule has 0 aliphatic rings. The maximum atomic E-state index is 12.2. The van der Waals surface area contributed by atoms with E-state index in [1.54, 1.807) is 0 Å². The molecule has 25 heavy (non-hydrogen) atoms. The minimum Gasteiger partial charge on any atom is -0.466 e. The molecule has 0 saturated carbocycles. The Bertz CT molecular complexity index is 673. The quantitative estimate of drug-likeness (QED) is 0.731. The first kappa shape index (κ1) is 19.1. The lowest BCUT2D eigenvalue weighted by Gasteiger charge is -2.18. The lowest BCUT2D eigenvalue weighted by atomic mass is 10.2. The maximum absolute atomic E-state index is 12.2. The molecule has 0 fully saturated rings. The van der Waals surface area contributed by atoms with Gasteiger partial charge in [0.25, 0.3) is 5.91 Å². The Balaban J connectivity index is 1.82. The van der Waals surface area contributed by atoms with Crippen molar-refractivity contribution in [3.05, 3.63) is 53.0 Å². The van der Waals surface area contributed by atoms with Crippen LogP contribution < -0.4 is 10.6 Å². The van der Waals surface area contributed by atoms with Gasteiger partial charge in [-0.15, -0.1) is 0 Å². The van der Waals surface area contributed by atoms with Gasteiger partial charge in [-0.2, -0.15) is 0 Å². The van der Waals surface area contributed by atoms with E-state index in [0.717, 1.165) is 42.4 Å². The normalized spacial score (nSPS) is 10.9. The Hall–Kier alpha value is -2.27. The van der Waals surface area contributed by atoms with Crippen molar-refractivity contribution in [1.29, 1.82) is 0 Å². The third-order valence-corrected chi connectivity index (χ3v) is 4.38. The van der Waals surface area contributed by atoms with Gasteiger partial charge in [-0.25, -0.2) is 0 Å². The summed E-state index contributed by atoms with van der Waals surface area (Å²) in [6, 6.07) is 9.61. The molecule has 2 rings (SSSR count). The average molecular weight is 343 g/mol. The zero-order valence-corrected chi connectivity index (χ0v) is 15.7. The van der Waals surface area contributed by atoms with Crippen molar-refractivity contribution in [1.82, 2.24) is 10.2 Å². The highest BCUT2D eigenvalue weighted by molar-refractivity contribution is 5.94. The highest BCUT2D eigenvalue weighted by atomic mass is 16.3. The summed E-state index contributed by atoms with van der Waals surface area (Å²) in [5, 5.41) is 6.33. The molecule has 5 nitrogen and oxygen atoms in total. The standard InChI is InChI=1S/C20H29N3O2/c1-5-23(6-2)12-11-21-20(24)17-7-9-19(10-8-17)22-14-18-13-15(3)25-16(18)4/h7-10,13,22H,5-6,11-12,14H2,1-4H3,(H,21,24). The molecule has 2 N–H and O–H groups in total. The third-order valence-electron chi connectivity index (χ3n) is 4.38. The zero-order valence-electron chi connectivity index (χ0n) is 15.7. The second-order valence-corrected chi connectivity index (χ2v) is 6.15. The number of likely N-dealkylation sites (N-methyl/N-ethyl adjacent to an activating group) is 1. The number of nitrogens with zero attached hydrogens (tertiary/aromatic N) is 1. The lowest BCUT2D eigenvalue weighted by Crippen LogP contribution is -2.34. The highest BCUT2D eigenvalue weighted by Gasteiger charge is 2.07. The smallest absolute Gasteiger partial charge is 0.251 e. The molecule has 0 aliphatic heterocycles. The summed E-state index contributed by atoms with van der Waals surface area (Å²) in [6.07, 6.45) is 0. The van der Waals surface area contributed by atoms with Crippen LogP contribution in [0, 0.1) is 13.8 Å². The predicted octanol–water partition coefficient (Wildman–Crippen LogP) is 3.58. The Morgan fingerprint density at radius 3 is 2.36 bits per heavy atom. The molecule has 1 aromatic carbocycles. The summed E-state index contributed by atoms with van der Waals surface area (Å²) in [6.45, 7) is 12.4. The summed E-state index contributed by atoms with van der Waals surface area (Å²) in [4.78, 5) is 14.5. The summed E-state index contributed by atoms with van der Waals surface area (Å²) >= 11 is 0. The van der Waals surface area contributed by atoms with Crippen molar-refractivity contribution in [2.24, 2.45) is 0 Å². The second kappa shape index (κ2) is 9.28. The zero-order chi connectivity index (χ0) is 18.2. The fraction of sp³-hybridized carbons (Fsp3) is 0.450. The monoisotopic (exact) mass is 343 g/mol. The summed E-state index contributed by atoms with van der Waals surface area (Å²) in [7, 11) is 0. The first-order chi connectivity index (χ1) is 12.0. The number of anilines is 1. The van der Waals surface area contributed by atoms with Crippen LogP contribution in [-0.4, -0.2) is 37.0 Å². The van der Waals surface area contributed by atoms with E-state index in [0.29, 0.717) is 18.7 Å². The minimum atomic E-state index is -0.0278. The first-order valence-corrected chi connectivity index (χ1v) is 8.93. The van der Waals surface area contributed by atoms with E-state index >= 15 is 0 Å². The van der Waals surface area contributed by atoms with Crippen LogP contribution in [0.4, 0.5) is 5.69 Å². The van der Waals surface area contributed by atoms with E-state index in [1.165, 1.54) is 0 Å². The molecule has 0 spiro atoms. The molecule has 5 heteroatoms. The van der Waals surface area contributed by atoms with Crippen LogP contribution in [0.15, 0.2) is 34.7 Å². The molecule has 0 aliphatic carbocycles. The summed E-state index contributed by atoms with van der Waals surface area (Å²) in [5.41, 5.74) is 2.81. The number of rotatable bonds is 9. The van der Waals surface area contributed by atoms with Gasteiger partial charge < -0.3 is 20.0 Å². The van der Waals surface area contributed by atoms with E-state index in [4.69, 9.17) is 4.42 Å². The van der Waals surface area contributed by atoms with E-state index in [-0.39, 0.29) is 5.91 Å². The topological polar surface area (TPSA) is 57.5 Å². The number of furan rings is 1. The van der Waals surface area contributed by atoms with Crippen LogP contribution in [-0.2, 0) is 6.54 Å². The van der Waals surface area contributed by atoms with Crippen LogP contribution in [0.5, 0.6) is 0 Å². The molecular weight excluding hydrogens is 314 g/mol. The van der Waals surface area contributed by atoms with Crippen LogP contribution in [0.2, 0.25) is 0 Å². The van der Waals surface area contributed by atoms with Crippen molar-refractivity contribution in [2.75, 3.05) is 31.5 Å². The van der Waals surface area contributed by atoms with Gasteiger partial charge in [0.1, 0.15) is 11.5 Å². The second-order valence-electron chi connectivity index (χ2n) is 6.15. The van der Waals surface area contributed by atoms with Gasteiger partial charge in [-0.05, 0) is 57.3 Å². The van der Waals surface area contributed by atoms with Gasteiger partial charge >= 0.3 is 0 Å². The SMILES string of the molecule is CCN(CC)CCNC(=O)c1ccc(NCc2cc(C)oc2C)cc1. The Labute approximate surface area is 150 Å². The van der Waals surface area contributed by atoms with Gasteiger partial charge in [-0.3, -0.25) is 4.79 Å². The molecule has 0 saturated heterocycles. The van der Waals surface area contributed by atoms with Crippen LogP contribution in [0.1, 0.15) is 41.3 Å². The van der Waals surface area contributed by atoms with E-state index in [9.17, 15) is 4.79 Å². The van der Waals surface area contributed by atoms with Gasteiger partial charge in [0.05, 0.1) is 0 Å². The Kier molecular flexibility index (Phi) is 7.07. The van der Waals surface area contributed by atoms with Crippen molar-refractivity contribution >= 4 is 11.6 Å². The molecule has 0 atom stereocenters. The third kappa shape index (κ3) is 5.64. The highest BCUT2D eigenvalue weighted by Crippen LogP contribution is 2.16. The van der Waals surface area contributed by atoms with E-state index in [1.807, 2.05) is 44.2 Å². The fourth-order valence-corrected chi connectivity index (χ4v) is 2.77. The first-order valence-electron chi connectivity index (χ1n) is 8.93. The Morgan fingerprint density at radius 2 is 1.80 bits per heavy atom. The maximum Gasteiger partial charge on any atom is 0.251 e. The molecule has 1 amide bonds. The predicted molar refractivity (Wildman–Crippen MR) is 102 cm³/mol. The molecule has 0 radical (unpaired) electrons. The van der Waals surface area contributed by atoms with Crippen molar-refractivity contribution < 1.29 is 9.21 Å². The average Bonchev–Trinajstić information content (AvgIpc) is 2.94. The molecule has 0 unspecified atom stereocenters. The van der Waals surface area contributed by atoms with Gasteiger partial charge in [-0.1, -0.05) is 13.8 Å². The molecule has 136 valence electrons. The molecule has 0 bridgehead atoms. The van der Waals surface area contributed by atoms with Crippen molar-refractivity contribution in [3.63, 3.8) is 0 Å². The number of amides is 1. The van der Waals surface area contributed by atoms with Gasteiger partial charge in [0.2, 0.25) is 0 Å². The van der Waals surface area contributed by atoms with E-state index in [2.05, 4.69) is 29.4 Å². The van der Waals surface area contributed by atoms with Gasteiger partial charge in [0, 0.05) is 36.4 Å². The Morgan fingerprint density at radius 1 is 1.12 bits per heavy atom. The largest absolute Gasteiger partial charge is 0.466 e. The minimum absolute atomic E-state index is 0.0278.